The number of hydrogen-bond acceptors (Lipinski definition) is 3. The van der Waals surface area contributed by atoms with Gasteiger partial charge in [-0.3, -0.25) is 4.79 Å². The molecule has 2 aliphatic heterocycles. The number of amidine groups is 2. The van der Waals surface area contributed by atoms with E-state index in [9.17, 15) is 9.18 Å². The Hall–Kier alpha value is -3.54. The van der Waals surface area contributed by atoms with E-state index < -0.39 is 11.7 Å². The molecule has 0 saturated heterocycles. The van der Waals surface area contributed by atoms with Crippen molar-refractivity contribution in [2.75, 3.05) is 6.61 Å². The van der Waals surface area contributed by atoms with Crippen LogP contribution in [0.15, 0.2) is 82.9 Å². The topological polar surface area (TPSA) is 54.3 Å². The molecule has 1 amide bonds. The fourth-order valence-corrected chi connectivity index (χ4v) is 2.87. The minimum absolute atomic E-state index is 0.0187. The molecule has 6 heteroatoms. The first-order valence-corrected chi connectivity index (χ1v) is 8.48. The zero-order valence-corrected chi connectivity index (χ0v) is 14.4. The first kappa shape index (κ1) is 16.9. The Bertz CT molecular complexity index is 1010. The maximum atomic E-state index is 13.6. The molecule has 0 radical (unpaired) electrons. The van der Waals surface area contributed by atoms with E-state index in [4.69, 9.17) is 4.74 Å². The predicted molar refractivity (Wildman–Crippen MR) is 101 cm³/mol. The van der Waals surface area contributed by atoms with E-state index in [1.165, 1.54) is 12.1 Å². The Balaban J connectivity index is 1.62. The van der Waals surface area contributed by atoms with Crippen LogP contribution in [0.25, 0.3) is 0 Å². The molecular formula is C21H16FN3O2. The molecule has 27 heavy (non-hydrogen) atoms. The largest absolute Gasteiger partial charge is 0.481 e. The molecular weight excluding hydrogens is 345 g/mol. The van der Waals surface area contributed by atoms with Crippen molar-refractivity contribution in [3.05, 3.63) is 89.9 Å². The van der Waals surface area contributed by atoms with Gasteiger partial charge in [0.1, 0.15) is 5.84 Å². The lowest BCUT2D eigenvalue weighted by Crippen LogP contribution is -2.24. The molecule has 2 aromatic carbocycles. The van der Waals surface area contributed by atoms with Crippen molar-refractivity contribution in [2.45, 2.75) is 6.54 Å². The van der Waals surface area contributed by atoms with Gasteiger partial charge < -0.3 is 9.64 Å². The Morgan fingerprint density at radius 2 is 1.96 bits per heavy atom. The average molecular weight is 361 g/mol. The van der Waals surface area contributed by atoms with Gasteiger partial charge in [-0.1, -0.05) is 42.5 Å². The molecule has 0 spiro atoms. The molecule has 134 valence electrons. The van der Waals surface area contributed by atoms with Crippen LogP contribution < -0.4 is 4.74 Å². The molecule has 0 bridgehead atoms. The normalized spacial score (nSPS) is 16.4. The second kappa shape index (κ2) is 7.37. The molecule has 0 aromatic heterocycles. The lowest BCUT2D eigenvalue weighted by Gasteiger charge is -2.20. The number of nitrogens with zero attached hydrogens (tertiary/aromatic N) is 3. The summed E-state index contributed by atoms with van der Waals surface area (Å²) in [5.74, 6) is -0.00502. The van der Waals surface area contributed by atoms with Gasteiger partial charge >= 0.3 is 0 Å². The monoisotopic (exact) mass is 361 g/mol. The Kier molecular flexibility index (Phi) is 4.61. The van der Waals surface area contributed by atoms with Gasteiger partial charge in [-0.05, 0) is 29.8 Å². The number of aliphatic imine (C=N–C) groups is 2. The van der Waals surface area contributed by atoms with E-state index in [0.717, 1.165) is 11.1 Å². The van der Waals surface area contributed by atoms with Gasteiger partial charge in [0.05, 0.1) is 0 Å². The number of fused-ring (bicyclic) bond motifs is 2. The highest BCUT2D eigenvalue weighted by Crippen LogP contribution is 2.21. The van der Waals surface area contributed by atoms with Crippen LogP contribution in [0.5, 0.6) is 5.75 Å². The third-order valence-electron chi connectivity index (χ3n) is 4.15. The van der Waals surface area contributed by atoms with Crippen LogP contribution in [-0.4, -0.2) is 29.1 Å². The molecule has 2 aromatic rings. The fourth-order valence-electron chi connectivity index (χ4n) is 2.87. The maximum Gasteiger partial charge on any atom is 0.285 e. The maximum absolute atomic E-state index is 13.6. The molecule has 0 aliphatic carbocycles. The number of carbonyl (C=O) groups is 1. The van der Waals surface area contributed by atoms with Gasteiger partial charge in [0.25, 0.3) is 5.91 Å². The summed E-state index contributed by atoms with van der Waals surface area (Å²) in [6.45, 7) is 0.270. The SMILES string of the molecule is O=C(COc1ccccc1F)N=C1N=C2C=CC=CN2Cc2ccccc21. The molecule has 4 rings (SSSR count). The van der Waals surface area contributed by atoms with Crippen LogP contribution in [-0.2, 0) is 11.3 Å². The minimum Gasteiger partial charge on any atom is -0.481 e. The van der Waals surface area contributed by atoms with Gasteiger partial charge in [-0.25, -0.2) is 9.38 Å². The molecule has 2 heterocycles. The number of benzene rings is 2. The number of allylic oxidation sites excluding steroid dienone is 2. The van der Waals surface area contributed by atoms with Crippen LogP contribution in [0, 0.1) is 5.82 Å². The number of para-hydroxylation sites is 1. The van der Waals surface area contributed by atoms with E-state index >= 15 is 0 Å². The zero-order valence-electron chi connectivity index (χ0n) is 14.4. The Morgan fingerprint density at radius 3 is 2.85 bits per heavy atom. The lowest BCUT2D eigenvalue weighted by atomic mass is 10.1. The van der Waals surface area contributed by atoms with Gasteiger partial charge in [0, 0.05) is 18.3 Å². The number of hydrogen-bond donors (Lipinski definition) is 0. The number of amides is 1. The van der Waals surface area contributed by atoms with E-state index in [0.29, 0.717) is 18.2 Å². The number of carbonyl (C=O) groups excluding carboxylic acids is 1. The van der Waals surface area contributed by atoms with Crippen LogP contribution in [0.1, 0.15) is 11.1 Å². The molecule has 5 nitrogen and oxygen atoms in total. The van der Waals surface area contributed by atoms with Crippen molar-refractivity contribution in [1.82, 2.24) is 4.90 Å². The highest BCUT2D eigenvalue weighted by atomic mass is 19.1. The summed E-state index contributed by atoms with van der Waals surface area (Å²) in [6.07, 6.45) is 7.60. The molecule has 0 fully saturated rings. The fraction of sp³-hybridized carbons (Fsp3) is 0.0952. The molecule has 0 N–H and O–H groups in total. The van der Waals surface area contributed by atoms with Crippen LogP contribution >= 0.6 is 0 Å². The number of ether oxygens (including phenoxy) is 1. The van der Waals surface area contributed by atoms with Crippen molar-refractivity contribution in [3.63, 3.8) is 0 Å². The van der Waals surface area contributed by atoms with Gasteiger partial charge in [0.2, 0.25) is 0 Å². The van der Waals surface area contributed by atoms with E-state index in [1.54, 1.807) is 12.1 Å². The summed E-state index contributed by atoms with van der Waals surface area (Å²) < 4.78 is 18.9. The van der Waals surface area contributed by atoms with Crippen molar-refractivity contribution < 1.29 is 13.9 Å². The summed E-state index contributed by atoms with van der Waals surface area (Å²) in [4.78, 5) is 23.0. The van der Waals surface area contributed by atoms with Crippen LogP contribution in [0.4, 0.5) is 4.39 Å². The number of halogens is 1. The second-order valence-electron chi connectivity index (χ2n) is 6.00. The molecule has 0 saturated carbocycles. The molecule has 0 unspecified atom stereocenters. The summed E-state index contributed by atoms with van der Waals surface area (Å²) >= 11 is 0. The highest BCUT2D eigenvalue weighted by Gasteiger charge is 2.20. The Morgan fingerprint density at radius 1 is 1.15 bits per heavy atom. The van der Waals surface area contributed by atoms with Crippen molar-refractivity contribution >= 4 is 17.6 Å². The van der Waals surface area contributed by atoms with Gasteiger partial charge in [-0.2, -0.15) is 4.99 Å². The van der Waals surface area contributed by atoms with Crippen LogP contribution in [0.2, 0.25) is 0 Å². The summed E-state index contributed by atoms with van der Waals surface area (Å²) in [6, 6.07) is 13.6. The van der Waals surface area contributed by atoms with E-state index in [1.807, 2.05) is 53.6 Å². The summed E-state index contributed by atoms with van der Waals surface area (Å²) in [5, 5.41) is 0. The third kappa shape index (κ3) is 3.69. The van der Waals surface area contributed by atoms with Crippen molar-refractivity contribution in [1.29, 1.82) is 0 Å². The Labute approximate surface area is 155 Å². The lowest BCUT2D eigenvalue weighted by molar-refractivity contribution is -0.119. The van der Waals surface area contributed by atoms with E-state index in [-0.39, 0.29) is 12.4 Å². The van der Waals surface area contributed by atoms with E-state index in [2.05, 4.69) is 9.98 Å². The second-order valence-corrected chi connectivity index (χ2v) is 6.00. The third-order valence-corrected chi connectivity index (χ3v) is 4.15. The molecule has 0 atom stereocenters. The number of rotatable bonds is 3. The summed E-state index contributed by atoms with van der Waals surface area (Å²) in [5.41, 5.74) is 1.80. The first-order valence-electron chi connectivity index (χ1n) is 8.48. The van der Waals surface area contributed by atoms with Crippen molar-refractivity contribution in [2.24, 2.45) is 9.98 Å². The zero-order chi connectivity index (χ0) is 18.6. The quantitative estimate of drug-likeness (QED) is 0.841. The minimum atomic E-state index is -0.531. The predicted octanol–water partition coefficient (Wildman–Crippen LogP) is 3.48. The van der Waals surface area contributed by atoms with Crippen LogP contribution in [0.3, 0.4) is 0 Å². The van der Waals surface area contributed by atoms with Crippen molar-refractivity contribution in [3.8, 4) is 5.75 Å². The standard InChI is InChI=1S/C21H16FN3O2/c22-17-9-3-4-10-18(17)27-14-20(26)24-21-16-8-2-1-7-15(16)13-25-12-6-5-11-19(25)23-21/h1-12H,13-14H2. The first-order chi connectivity index (χ1) is 13.2. The van der Waals surface area contributed by atoms with Gasteiger partial charge in [0.15, 0.2) is 24.0 Å². The van der Waals surface area contributed by atoms with Gasteiger partial charge in [-0.15, -0.1) is 0 Å². The highest BCUT2D eigenvalue weighted by molar-refractivity contribution is 6.14. The summed E-state index contributed by atoms with van der Waals surface area (Å²) in [7, 11) is 0. The molecule has 2 aliphatic rings. The average Bonchev–Trinajstić information content (AvgIpc) is 2.84. The smallest absolute Gasteiger partial charge is 0.285 e.